The summed E-state index contributed by atoms with van der Waals surface area (Å²) in [4.78, 5) is 0. The van der Waals surface area contributed by atoms with Gasteiger partial charge < -0.3 is 114 Å². The molecule has 23 nitrogen and oxygen atoms in total. The van der Waals surface area contributed by atoms with E-state index in [0.717, 1.165) is 24.8 Å². The molecule has 4 aliphatic carbocycles. The number of aliphatic hydroxyl groups is 15. The van der Waals surface area contributed by atoms with Crippen molar-refractivity contribution in [2.75, 3.05) is 26.4 Å². The van der Waals surface area contributed by atoms with Gasteiger partial charge in [-0.1, -0.05) is 46.3 Å². The fraction of sp³-hybridized carbons (Fsp3) is 0.963. The Morgan fingerprint density at radius 2 is 1.05 bits per heavy atom. The van der Waals surface area contributed by atoms with Crippen LogP contribution in [0.5, 0.6) is 0 Å². The van der Waals surface area contributed by atoms with Crippen LogP contribution in [-0.2, 0) is 59.0 Å². The second kappa shape index (κ2) is 24.8. The molecule has 15 N–H and O–H groups in total. The van der Waals surface area contributed by atoms with Crippen molar-refractivity contribution in [2.24, 2.45) is 45.3 Å². The number of rotatable bonds is 16. The second-order valence-electron chi connectivity index (χ2n) is 25.7. The van der Waals surface area contributed by atoms with E-state index in [0.29, 0.717) is 38.5 Å². The van der Waals surface area contributed by atoms with Crippen LogP contribution in [0.15, 0.2) is 11.6 Å². The van der Waals surface area contributed by atoms with Gasteiger partial charge in [0.1, 0.15) is 97.7 Å². The first-order valence-electron chi connectivity index (χ1n) is 27.9. The van der Waals surface area contributed by atoms with Gasteiger partial charge in [0.2, 0.25) is 0 Å². The van der Waals surface area contributed by atoms with Gasteiger partial charge in [0, 0.05) is 0 Å². The predicted octanol–water partition coefficient (Wildman–Crippen LogP) is -2.21. The third-order valence-corrected chi connectivity index (χ3v) is 20.9. The molecule has 0 aromatic carbocycles. The molecule has 0 aromatic rings. The molecular formula is C54H92O23Pt+2. The molecule has 0 spiro atoms. The van der Waals surface area contributed by atoms with Crippen molar-refractivity contribution in [3.05, 3.63) is 11.6 Å². The summed E-state index contributed by atoms with van der Waals surface area (Å²) in [5.74, 6) is -0.475. The Morgan fingerprint density at radius 3 is 1.63 bits per heavy atom. The molecule has 0 aromatic heterocycles. The first kappa shape index (κ1) is 65.1. The van der Waals surface area contributed by atoms with E-state index in [1.807, 2.05) is 20.8 Å². The SMILES string of the molecule is CC(C)=CCCC(C)(O[C@@H]1O[C@H](CO[C@@H]2O[C@H](CO)[C@@H](O)[C@H](O)[C@H]2O)[C@@H](O)[C@H](O)[C@H]1O)[C@H]1CC[C@]2(C)C1[C@H](O)CC1[C@@]3(C)CC[C@H](O[C@@H]4O[C@H](CO)[C@@H](O)[C@H](O)[C@H]4O[C@@H]4O[C@H](CO)[C@@H](O)[C@H](O)[C@H]4O)C(C)(C)[C@@H]3CC[C@]12C.[Pt+2]. The molecule has 4 saturated heterocycles. The van der Waals surface area contributed by atoms with Crippen LogP contribution < -0.4 is 0 Å². The van der Waals surface area contributed by atoms with Crippen LogP contribution in [0.3, 0.4) is 0 Å². The number of aliphatic hydroxyl groups excluding tert-OH is 15. The molecule has 4 saturated carbocycles. The summed E-state index contributed by atoms with van der Waals surface area (Å²) in [6, 6.07) is 0. The average Bonchev–Trinajstić information content (AvgIpc) is 3.97. The van der Waals surface area contributed by atoms with Gasteiger partial charge in [-0.05, 0) is 124 Å². The minimum atomic E-state index is -1.82. The standard InChI is InChI=1S/C54H92O23.Pt/c1-23(2)10-9-14-54(8,77-48-44(69)40(65)37(62)29(74-48)22-70-46-42(67)38(63)34(59)26(19-55)71-46)24-11-16-53(7)33(24)25(58)18-31-51(5)15-13-32(50(3,4)30(51)12-17-52(31,53)6)75-49-45(41(66)36(61)28(21-57)73-49)76-47-43(68)39(64)35(60)27(20-56)72-47;/h10,24-49,55-69H,9,11-22H2,1-8H3;/q;+2/t24-,25+,26+,27+,28+,29+,30-,31?,32-,33?,34+,35+,36+,37+,38-,39-,40-,41-,42+,43+,44+,45+,46+,47-,48-,49-,51-,52+,53+,54?;/m0./s1. The topological polar surface area (TPSA) is 377 Å². The van der Waals surface area contributed by atoms with E-state index in [-0.39, 0.29) is 55.6 Å². The summed E-state index contributed by atoms with van der Waals surface area (Å²) in [7, 11) is 0. The van der Waals surface area contributed by atoms with E-state index >= 15 is 0 Å². The Labute approximate surface area is 471 Å². The molecule has 0 radical (unpaired) electrons. The van der Waals surface area contributed by atoms with E-state index in [2.05, 4.69) is 40.7 Å². The van der Waals surface area contributed by atoms with Crippen LogP contribution in [-0.4, -0.2) is 244 Å². The van der Waals surface area contributed by atoms with Crippen LogP contribution in [0.4, 0.5) is 0 Å². The molecule has 78 heavy (non-hydrogen) atoms. The molecule has 454 valence electrons. The van der Waals surface area contributed by atoms with Crippen molar-refractivity contribution >= 4 is 0 Å². The number of hydrogen-bond donors (Lipinski definition) is 15. The molecule has 4 aliphatic heterocycles. The molecule has 3 unspecified atom stereocenters. The van der Waals surface area contributed by atoms with Gasteiger partial charge in [-0.3, -0.25) is 0 Å². The van der Waals surface area contributed by atoms with Gasteiger partial charge in [0.25, 0.3) is 0 Å². The van der Waals surface area contributed by atoms with Crippen LogP contribution in [0.1, 0.15) is 113 Å². The summed E-state index contributed by atoms with van der Waals surface area (Å²) in [6.07, 6.45) is -25.2. The minimum absolute atomic E-state index is 0. The smallest absolute Gasteiger partial charge is 0.394 e. The number of hydrogen-bond acceptors (Lipinski definition) is 23. The van der Waals surface area contributed by atoms with E-state index in [9.17, 15) is 76.6 Å². The molecule has 0 bridgehead atoms. The summed E-state index contributed by atoms with van der Waals surface area (Å²) in [5.41, 5.74) is -1.59. The van der Waals surface area contributed by atoms with Crippen LogP contribution in [0.25, 0.3) is 0 Å². The molecule has 0 amide bonds. The first-order chi connectivity index (χ1) is 36.0. The number of fused-ring (bicyclic) bond motifs is 5. The molecule has 8 aliphatic rings. The molecule has 8 rings (SSSR count). The van der Waals surface area contributed by atoms with Gasteiger partial charge in [-0.2, -0.15) is 0 Å². The quantitative estimate of drug-likeness (QED) is 0.0576. The number of ether oxygens (including phenoxy) is 8. The second-order valence-corrected chi connectivity index (χ2v) is 25.7. The third-order valence-electron chi connectivity index (χ3n) is 20.9. The van der Waals surface area contributed by atoms with Gasteiger partial charge in [-0.15, -0.1) is 0 Å². The Hall–Kier alpha value is -0.492. The van der Waals surface area contributed by atoms with Crippen molar-refractivity contribution < 1.29 is 136 Å². The van der Waals surface area contributed by atoms with Crippen molar-refractivity contribution in [3.63, 3.8) is 0 Å². The van der Waals surface area contributed by atoms with Crippen molar-refractivity contribution in [2.45, 2.75) is 254 Å². The zero-order chi connectivity index (χ0) is 56.6. The van der Waals surface area contributed by atoms with E-state index < -0.39 is 178 Å². The maximum atomic E-state index is 12.8. The first-order valence-corrected chi connectivity index (χ1v) is 27.9. The predicted molar refractivity (Wildman–Crippen MR) is 266 cm³/mol. The van der Waals surface area contributed by atoms with E-state index in [4.69, 9.17) is 37.9 Å². The van der Waals surface area contributed by atoms with Crippen LogP contribution >= 0.6 is 0 Å². The monoisotopic (exact) mass is 1300 g/mol. The fourth-order valence-electron chi connectivity index (χ4n) is 16.3. The zero-order valence-corrected chi connectivity index (χ0v) is 48.3. The molecule has 8 fully saturated rings. The number of allylic oxidation sites excluding steroid dienone is 2. The third kappa shape index (κ3) is 11.4. The maximum absolute atomic E-state index is 12.8. The van der Waals surface area contributed by atoms with E-state index in [1.165, 1.54) is 0 Å². The summed E-state index contributed by atoms with van der Waals surface area (Å²) in [6.45, 7) is 14.6. The Balaban J connectivity index is 0.00000882. The largest absolute Gasteiger partial charge is 2.00 e. The zero-order valence-electron chi connectivity index (χ0n) is 46.1. The van der Waals surface area contributed by atoms with Crippen molar-refractivity contribution in [3.8, 4) is 0 Å². The Bertz CT molecular complexity index is 2000. The minimum Gasteiger partial charge on any atom is -0.394 e. The summed E-state index contributed by atoms with van der Waals surface area (Å²) in [5, 5.41) is 162. The summed E-state index contributed by atoms with van der Waals surface area (Å²) >= 11 is 0. The summed E-state index contributed by atoms with van der Waals surface area (Å²) < 4.78 is 48.9. The van der Waals surface area contributed by atoms with Gasteiger partial charge in [0.15, 0.2) is 25.2 Å². The van der Waals surface area contributed by atoms with E-state index in [1.54, 1.807) is 0 Å². The maximum Gasteiger partial charge on any atom is 2.00 e. The molecular weight excluding hydrogens is 1210 g/mol. The molecule has 24 heteroatoms. The van der Waals surface area contributed by atoms with Crippen LogP contribution in [0, 0.1) is 45.3 Å². The Kier molecular flexibility index (Phi) is 20.7. The normalized spacial score (nSPS) is 52.0. The average molecular weight is 1300 g/mol. The molecule has 30 atom stereocenters. The van der Waals surface area contributed by atoms with Gasteiger partial charge in [0.05, 0.1) is 44.2 Å². The van der Waals surface area contributed by atoms with Crippen LogP contribution in [0.2, 0.25) is 0 Å². The van der Waals surface area contributed by atoms with Gasteiger partial charge in [-0.25, -0.2) is 0 Å². The van der Waals surface area contributed by atoms with Crippen molar-refractivity contribution in [1.29, 1.82) is 0 Å². The van der Waals surface area contributed by atoms with Crippen molar-refractivity contribution in [1.82, 2.24) is 0 Å². The fourth-order valence-corrected chi connectivity index (χ4v) is 16.3. The van der Waals surface area contributed by atoms with Gasteiger partial charge >= 0.3 is 21.1 Å². The Morgan fingerprint density at radius 1 is 0.551 bits per heavy atom. The molecule has 4 heterocycles.